The zero-order chi connectivity index (χ0) is 20.7. The Balaban J connectivity index is 1.74. The van der Waals surface area contributed by atoms with Crippen molar-refractivity contribution >= 4 is 22.8 Å². The number of hydrogen-bond donors (Lipinski definition) is 1. The molecule has 0 saturated heterocycles. The largest absolute Gasteiger partial charge is 0.478 e. The van der Waals surface area contributed by atoms with Crippen LogP contribution < -0.4 is 0 Å². The average molecular weight is 397 g/mol. The molecule has 1 aliphatic rings. The summed E-state index contributed by atoms with van der Waals surface area (Å²) in [5.41, 5.74) is 2.85. The molecule has 4 aromatic rings. The van der Waals surface area contributed by atoms with E-state index in [0.29, 0.717) is 36.2 Å². The average Bonchev–Trinajstić information content (AvgIpc) is 3.25. The third kappa shape index (κ3) is 2.93. The second-order valence-electron chi connectivity index (χ2n) is 7.32. The molecular weight excluding hydrogens is 378 g/mol. The summed E-state index contributed by atoms with van der Waals surface area (Å²) in [6.45, 7) is 1.63. The summed E-state index contributed by atoms with van der Waals surface area (Å²) in [5.74, 6) is -1.44. The van der Waals surface area contributed by atoms with Crippen LogP contribution in [0.3, 0.4) is 0 Å². The Morgan fingerprint density at radius 2 is 1.63 bits per heavy atom. The first kappa shape index (κ1) is 18.1. The van der Waals surface area contributed by atoms with E-state index in [0.717, 1.165) is 11.3 Å². The molecule has 1 N–H and O–H groups in total. The van der Waals surface area contributed by atoms with Gasteiger partial charge >= 0.3 is 5.97 Å². The molecule has 0 atom stereocenters. The first-order chi connectivity index (χ1) is 14.6. The zero-order valence-corrected chi connectivity index (χ0v) is 16.2. The Bertz CT molecular complexity index is 1280. The van der Waals surface area contributed by atoms with E-state index in [1.165, 1.54) is 0 Å². The number of carboxylic acids is 1. The molecule has 0 aliphatic carbocycles. The topological polar surface area (TPSA) is 75.4 Å². The maximum atomic E-state index is 13.7. The summed E-state index contributed by atoms with van der Waals surface area (Å²) >= 11 is 0. The van der Waals surface area contributed by atoms with Crippen molar-refractivity contribution in [3.05, 3.63) is 89.7 Å². The highest BCUT2D eigenvalue weighted by molar-refractivity contribution is 6.15. The van der Waals surface area contributed by atoms with E-state index in [4.69, 9.17) is 4.98 Å². The van der Waals surface area contributed by atoms with Crippen molar-refractivity contribution in [3.8, 4) is 11.3 Å². The monoisotopic (exact) mass is 397 g/mol. The van der Waals surface area contributed by atoms with E-state index in [1.807, 2.05) is 54.7 Å². The highest BCUT2D eigenvalue weighted by atomic mass is 16.4. The summed E-state index contributed by atoms with van der Waals surface area (Å²) in [4.78, 5) is 32.5. The fraction of sp³-hybridized carbons (Fsp3) is 0.125. The standard InChI is InChI=1S/C24H19N3O3/c28-23(27-14-13-26-12-6-9-17(26)15-27)21-20(24(29)30)18-10-4-5-11-19(18)25-22(21)16-7-2-1-3-8-16/h1-12H,13-15H2,(H,29,30). The lowest BCUT2D eigenvalue weighted by Crippen LogP contribution is -2.39. The Morgan fingerprint density at radius 1 is 0.867 bits per heavy atom. The van der Waals surface area contributed by atoms with Crippen molar-refractivity contribution < 1.29 is 14.7 Å². The molecular formula is C24H19N3O3. The van der Waals surface area contributed by atoms with Gasteiger partial charge in [0.05, 0.1) is 28.9 Å². The van der Waals surface area contributed by atoms with Crippen LogP contribution in [0, 0.1) is 0 Å². The predicted octanol–water partition coefficient (Wildman–Crippen LogP) is 4.06. The van der Waals surface area contributed by atoms with Crippen molar-refractivity contribution in [2.24, 2.45) is 0 Å². The number of carbonyl (C=O) groups is 2. The number of rotatable bonds is 3. The van der Waals surface area contributed by atoms with E-state index < -0.39 is 5.97 Å². The SMILES string of the molecule is O=C(O)c1c(C(=O)N2CCn3cccc3C2)c(-c2ccccc2)nc2ccccc12. The second-order valence-corrected chi connectivity index (χ2v) is 7.32. The summed E-state index contributed by atoms with van der Waals surface area (Å²) in [6.07, 6.45) is 1.99. The first-order valence-electron chi connectivity index (χ1n) is 9.78. The highest BCUT2D eigenvalue weighted by Gasteiger charge is 2.30. The number of amides is 1. The van der Waals surface area contributed by atoms with Crippen molar-refractivity contribution in [3.63, 3.8) is 0 Å². The van der Waals surface area contributed by atoms with Crippen LogP contribution >= 0.6 is 0 Å². The molecule has 2 aromatic heterocycles. The molecule has 148 valence electrons. The van der Waals surface area contributed by atoms with E-state index in [1.54, 1.807) is 23.1 Å². The Morgan fingerprint density at radius 3 is 2.43 bits per heavy atom. The van der Waals surface area contributed by atoms with Gasteiger partial charge in [-0.1, -0.05) is 48.5 Å². The molecule has 0 fully saturated rings. The maximum Gasteiger partial charge on any atom is 0.337 e. The van der Waals surface area contributed by atoms with E-state index in [2.05, 4.69) is 4.57 Å². The molecule has 0 spiro atoms. The zero-order valence-electron chi connectivity index (χ0n) is 16.2. The molecule has 0 radical (unpaired) electrons. The van der Waals surface area contributed by atoms with Gasteiger partial charge in [-0.15, -0.1) is 0 Å². The van der Waals surface area contributed by atoms with Crippen LogP contribution in [0.1, 0.15) is 26.4 Å². The smallest absolute Gasteiger partial charge is 0.337 e. The van der Waals surface area contributed by atoms with Crippen LogP contribution in [0.15, 0.2) is 72.9 Å². The van der Waals surface area contributed by atoms with Gasteiger partial charge in [0.25, 0.3) is 5.91 Å². The third-order valence-electron chi connectivity index (χ3n) is 5.54. The Kier molecular flexibility index (Phi) is 4.32. The molecule has 0 saturated carbocycles. The Hall–Kier alpha value is -3.93. The summed E-state index contributed by atoms with van der Waals surface area (Å²) in [7, 11) is 0. The van der Waals surface area contributed by atoms with Crippen LogP contribution in [0.5, 0.6) is 0 Å². The number of pyridine rings is 1. The third-order valence-corrected chi connectivity index (χ3v) is 5.54. The lowest BCUT2D eigenvalue weighted by atomic mass is 9.95. The van der Waals surface area contributed by atoms with Crippen LogP contribution in [0.4, 0.5) is 0 Å². The summed E-state index contributed by atoms with van der Waals surface area (Å²) in [5, 5.41) is 10.6. The quantitative estimate of drug-likeness (QED) is 0.566. The number of carboxylic acid groups (broad SMARTS) is 1. The number of aromatic nitrogens is 2. The maximum absolute atomic E-state index is 13.7. The molecule has 1 aliphatic heterocycles. The van der Waals surface area contributed by atoms with Crippen LogP contribution in [-0.4, -0.2) is 38.0 Å². The highest BCUT2D eigenvalue weighted by Crippen LogP contribution is 2.32. The van der Waals surface area contributed by atoms with Crippen molar-refractivity contribution in [2.45, 2.75) is 13.1 Å². The van der Waals surface area contributed by atoms with Gasteiger partial charge in [-0.3, -0.25) is 4.79 Å². The van der Waals surface area contributed by atoms with Crippen molar-refractivity contribution in [1.29, 1.82) is 0 Å². The number of nitrogens with zero attached hydrogens (tertiary/aromatic N) is 3. The van der Waals surface area contributed by atoms with Gasteiger partial charge in [-0.05, 0) is 18.2 Å². The number of benzene rings is 2. The molecule has 6 nitrogen and oxygen atoms in total. The fourth-order valence-corrected chi connectivity index (χ4v) is 4.09. The minimum atomic E-state index is -1.13. The van der Waals surface area contributed by atoms with Crippen LogP contribution in [0.2, 0.25) is 0 Å². The molecule has 5 rings (SSSR count). The minimum Gasteiger partial charge on any atom is -0.478 e. The fourth-order valence-electron chi connectivity index (χ4n) is 4.09. The van der Waals surface area contributed by atoms with Gasteiger partial charge in [-0.2, -0.15) is 0 Å². The van der Waals surface area contributed by atoms with E-state index in [9.17, 15) is 14.7 Å². The van der Waals surface area contributed by atoms with Gasteiger partial charge in [0.15, 0.2) is 0 Å². The molecule has 1 amide bonds. The minimum absolute atomic E-state index is 0.00501. The van der Waals surface area contributed by atoms with Crippen molar-refractivity contribution in [2.75, 3.05) is 6.54 Å². The van der Waals surface area contributed by atoms with Gasteiger partial charge in [0, 0.05) is 35.9 Å². The molecule has 30 heavy (non-hydrogen) atoms. The Labute approximate surface area is 173 Å². The van der Waals surface area contributed by atoms with Crippen LogP contribution in [0.25, 0.3) is 22.2 Å². The molecule has 0 bridgehead atoms. The lowest BCUT2D eigenvalue weighted by molar-refractivity contribution is 0.0663. The van der Waals surface area contributed by atoms with Gasteiger partial charge in [0.2, 0.25) is 0 Å². The van der Waals surface area contributed by atoms with Crippen LogP contribution in [-0.2, 0) is 13.1 Å². The number of hydrogen-bond acceptors (Lipinski definition) is 3. The number of aromatic carboxylic acids is 1. The molecule has 0 unspecified atom stereocenters. The van der Waals surface area contributed by atoms with Gasteiger partial charge < -0.3 is 14.6 Å². The summed E-state index contributed by atoms with van der Waals surface area (Å²) < 4.78 is 2.11. The molecule has 6 heteroatoms. The number of para-hydroxylation sites is 1. The van der Waals surface area contributed by atoms with Gasteiger partial charge in [0.1, 0.15) is 0 Å². The predicted molar refractivity (Wildman–Crippen MR) is 113 cm³/mol. The number of carbonyl (C=O) groups excluding carboxylic acids is 1. The first-order valence-corrected chi connectivity index (χ1v) is 9.78. The second kappa shape index (κ2) is 7.15. The number of fused-ring (bicyclic) bond motifs is 2. The van der Waals surface area contributed by atoms with Crippen molar-refractivity contribution in [1.82, 2.24) is 14.5 Å². The van der Waals surface area contributed by atoms with E-state index >= 15 is 0 Å². The van der Waals surface area contributed by atoms with Gasteiger partial charge in [-0.25, -0.2) is 9.78 Å². The lowest BCUT2D eigenvalue weighted by Gasteiger charge is -2.30. The van der Waals surface area contributed by atoms with E-state index in [-0.39, 0.29) is 17.0 Å². The normalized spacial score (nSPS) is 13.3. The molecule has 2 aromatic carbocycles. The summed E-state index contributed by atoms with van der Waals surface area (Å²) in [6, 6.07) is 20.3. The molecule has 3 heterocycles.